The molecule has 1 aromatic rings. The number of benzene rings is 1. The van der Waals surface area contributed by atoms with Crippen LogP contribution in [0, 0.1) is 5.82 Å². The van der Waals surface area contributed by atoms with Crippen LogP contribution < -0.4 is 0 Å². The van der Waals surface area contributed by atoms with Gasteiger partial charge in [-0.15, -0.1) is 0 Å². The average molecular weight is 278 g/mol. The highest BCUT2D eigenvalue weighted by Gasteiger charge is 2.06. The molecule has 112 valence electrons. The molecule has 0 aliphatic heterocycles. The van der Waals surface area contributed by atoms with Crippen molar-refractivity contribution >= 4 is 5.78 Å². The Labute approximate surface area is 122 Å². The number of hydrogen-bond donors (Lipinski definition) is 0. The van der Waals surface area contributed by atoms with E-state index in [4.69, 9.17) is 0 Å². The number of hydrogen-bond acceptors (Lipinski definition) is 1. The molecule has 0 spiro atoms. The Balaban J connectivity index is 2.20. The van der Waals surface area contributed by atoms with Crippen molar-refractivity contribution in [3.05, 3.63) is 35.1 Å². The number of ketones is 1. The number of carbonyl (C=O) groups excluding carboxylic acids is 1. The Hall–Kier alpha value is -1.18. The summed E-state index contributed by atoms with van der Waals surface area (Å²) in [7, 11) is 0. The predicted octanol–water partition coefficient (Wildman–Crippen LogP) is 5.71. The lowest BCUT2D eigenvalue weighted by molar-refractivity contribution is 0.101. The van der Waals surface area contributed by atoms with Crippen molar-refractivity contribution in [1.29, 1.82) is 0 Å². The third-order valence-electron chi connectivity index (χ3n) is 3.76. The van der Waals surface area contributed by atoms with E-state index in [1.807, 2.05) is 0 Å². The van der Waals surface area contributed by atoms with Gasteiger partial charge in [0.05, 0.1) is 0 Å². The summed E-state index contributed by atoms with van der Waals surface area (Å²) in [5, 5.41) is 0. The minimum absolute atomic E-state index is 0.0810. The zero-order valence-corrected chi connectivity index (χ0v) is 12.9. The standard InChI is InChI=1S/C18H27FO/c1-3-4-5-6-7-8-9-10-11-16-12-13-17(15(2)20)14-18(16)19/h12-14H,3-11H2,1-2H3. The van der Waals surface area contributed by atoms with Crippen LogP contribution in [0.4, 0.5) is 4.39 Å². The highest BCUT2D eigenvalue weighted by atomic mass is 19.1. The molecule has 0 aliphatic carbocycles. The summed E-state index contributed by atoms with van der Waals surface area (Å²) in [5.74, 6) is -0.317. The zero-order valence-electron chi connectivity index (χ0n) is 12.9. The van der Waals surface area contributed by atoms with Crippen LogP contribution in [0.5, 0.6) is 0 Å². The normalized spacial score (nSPS) is 10.8. The van der Waals surface area contributed by atoms with Gasteiger partial charge in [0.25, 0.3) is 0 Å². The molecule has 0 atom stereocenters. The van der Waals surface area contributed by atoms with E-state index in [1.165, 1.54) is 57.9 Å². The molecule has 1 nitrogen and oxygen atoms in total. The largest absolute Gasteiger partial charge is 0.295 e. The maximum absolute atomic E-state index is 13.8. The van der Waals surface area contributed by atoms with Crippen molar-refractivity contribution in [2.75, 3.05) is 0 Å². The fraction of sp³-hybridized carbons (Fsp3) is 0.611. The third-order valence-corrected chi connectivity index (χ3v) is 3.76. The van der Waals surface area contributed by atoms with Gasteiger partial charge < -0.3 is 0 Å². The van der Waals surface area contributed by atoms with E-state index in [2.05, 4.69) is 6.92 Å². The fourth-order valence-electron chi connectivity index (χ4n) is 2.42. The first-order valence-electron chi connectivity index (χ1n) is 7.94. The number of carbonyl (C=O) groups is 1. The maximum atomic E-state index is 13.8. The molecular formula is C18H27FO. The number of aryl methyl sites for hydroxylation is 1. The molecule has 1 rings (SSSR count). The monoisotopic (exact) mass is 278 g/mol. The Bertz CT molecular complexity index is 412. The summed E-state index contributed by atoms with van der Waals surface area (Å²) in [6, 6.07) is 4.85. The van der Waals surface area contributed by atoms with Gasteiger partial charge in [0.2, 0.25) is 0 Å². The molecule has 2 heteroatoms. The molecule has 0 bridgehead atoms. The molecular weight excluding hydrogens is 251 g/mol. The number of Topliss-reactive ketones (excluding diaryl/α,β-unsaturated/α-hetero) is 1. The van der Waals surface area contributed by atoms with Crippen LogP contribution in [-0.4, -0.2) is 5.78 Å². The van der Waals surface area contributed by atoms with E-state index in [-0.39, 0.29) is 11.6 Å². The summed E-state index contributed by atoms with van der Waals surface area (Å²) < 4.78 is 13.8. The molecule has 0 saturated heterocycles. The molecule has 0 fully saturated rings. The smallest absolute Gasteiger partial charge is 0.159 e. The molecule has 0 radical (unpaired) electrons. The maximum Gasteiger partial charge on any atom is 0.159 e. The second kappa shape index (κ2) is 9.68. The van der Waals surface area contributed by atoms with Crippen molar-refractivity contribution < 1.29 is 9.18 Å². The van der Waals surface area contributed by atoms with Crippen LogP contribution in [0.25, 0.3) is 0 Å². The van der Waals surface area contributed by atoms with E-state index < -0.39 is 0 Å². The average Bonchev–Trinajstić information content (AvgIpc) is 2.43. The topological polar surface area (TPSA) is 17.1 Å². The Morgan fingerprint density at radius 1 is 1.00 bits per heavy atom. The highest BCUT2D eigenvalue weighted by molar-refractivity contribution is 5.94. The molecule has 0 amide bonds. The molecule has 0 aliphatic rings. The lowest BCUT2D eigenvalue weighted by Gasteiger charge is -2.05. The molecule has 0 saturated carbocycles. The fourth-order valence-corrected chi connectivity index (χ4v) is 2.42. The first kappa shape index (κ1) is 16.9. The Morgan fingerprint density at radius 2 is 1.60 bits per heavy atom. The van der Waals surface area contributed by atoms with E-state index in [0.29, 0.717) is 5.56 Å². The van der Waals surface area contributed by atoms with Gasteiger partial charge in [0, 0.05) is 5.56 Å². The predicted molar refractivity (Wildman–Crippen MR) is 82.7 cm³/mol. The first-order valence-corrected chi connectivity index (χ1v) is 7.94. The van der Waals surface area contributed by atoms with Gasteiger partial charge in [-0.1, -0.05) is 64.0 Å². The van der Waals surface area contributed by atoms with E-state index in [1.54, 1.807) is 12.1 Å². The van der Waals surface area contributed by atoms with Crippen molar-refractivity contribution in [1.82, 2.24) is 0 Å². The second-order valence-electron chi connectivity index (χ2n) is 5.59. The van der Waals surface area contributed by atoms with Crippen molar-refractivity contribution in [2.45, 2.75) is 71.6 Å². The van der Waals surface area contributed by atoms with Gasteiger partial charge in [-0.2, -0.15) is 0 Å². The van der Waals surface area contributed by atoms with Crippen molar-refractivity contribution in [3.8, 4) is 0 Å². The van der Waals surface area contributed by atoms with Gasteiger partial charge in [0.1, 0.15) is 5.82 Å². The molecule has 0 aromatic heterocycles. The molecule has 1 aromatic carbocycles. The zero-order chi connectivity index (χ0) is 14.8. The quantitative estimate of drug-likeness (QED) is 0.395. The third kappa shape index (κ3) is 6.31. The van der Waals surface area contributed by atoms with Crippen LogP contribution in [0.2, 0.25) is 0 Å². The van der Waals surface area contributed by atoms with Gasteiger partial charge in [-0.05, 0) is 31.4 Å². The van der Waals surface area contributed by atoms with Gasteiger partial charge in [0.15, 0.2) is 5.78 Å². The summed E-state index contributed by atoms with van der Waals surface area (Å²) in [5.41, 5.74) is 1.20. The number of halogens is 1. The molecule has 0 heterocycles. The molecule has 20 heavy (non-hydrogen) atoms. The lowest BCUT2D eigenvalue weighted by atomic mass is 10.0. The summed E-state index contributed by atoms with van der Waals surface area (Å²) >= 11 is 0. The molecule has 0 unspecified atom stereocenters. The van der Waals surface area contributed by atoms with Crippen LogP contribution >= 0.6 is 0 Å². The lowest BCUT2D eigenvalue weighted by Crippen LogP contribution is -1.97. The first-order chi connectivity index (χ1) is 9.65. The molecule has 0 N–H and O–H groups in total. The number of rotatable bonds is 10. The van der Waals surface area contributed by atoms with E-state index in [0.717, 1.165) is 18.4 Å². The second-order valence-corrected chi connectivity index (χ2v) is 5.59. The Morgan fingerprint density at radius 3 is 2.15 bits per heavy atom. The Kier molecular flexibility index (Phi) is 8.17. The van der Waals surface area contributed by atoms with E-state index in [9.17, 15) is 9.18 Å². The van der Waals surface area contributed by atoms with Gasteiger partial charge in [-0.3, -0.25) is 4.79 Å². The van der Waals surface area contributed by atoms with Crippen LogP contribution in [0.3, 0.4) is 0 Å². The SMILES string of the molecule is CCCCCCCCCCc1ccc(C(C)=O)cc1F. The van der Waals surface area contributed by atoms with Crippen molar-refractivity contribution in [2.24, 2.45) is 0 Å². The summed E-state index contributed by atoms with van der Waals surface area (Å²) in [4.78, 5) is 11.1. The van der Waals surface area contributed by atoms with Crippen molar-refractivity contribution in [3.63, 3.8) is 0 Å². The highest BCUT2D eigenvalue weighted by Crippen LogP contribution is 2.15. The van der Waals surface area contributed by atoms with E-state index >= 15 is 0 Å². The minimum Gasteiger partial charge on any atom is -0.295 e. The van der Waals surface area contributed by atoms with Gasteiger partial charge >= 0.3 is 0 Å². The minimum atomic E-state index is -0.236. The van der Waals surface area contributed by atoms with Gasteiger partial charge in [-0.25, -0.2) is 4.39 Å². The van der Waals surface area contributed by atoms with Crippen LogP contribution in [0.15, 0.2) is 18.2 Å². The van der Waals surface area contributed by atoms with Crippen LogP contribution in [0.1, 0.15) is 81.1 Å². The summed E-state index contributed by atoms with van der Waals surface area (Å²) in [6.07, 6.45) is 10.8. The summed E-state index contributed by atoms with van der Waals surface area (Å²) in [6.45, 7) is 3.69. The van der Waals surface area contributed by atoms with Crippen LogP contribution in [-0.2, 0) is 6.42 Å². The number of unbranched alkanes of at least 4 members (excludes halogenated alkanes) is 7.